The summed E-state index contributed by atoms with van der Waals surface area (Å²) in [7, 11) is 0. The van der Waals surface area contributed by atoms with Crippen LogP contribution < -0.4 is 0 Å². The molecule has 1 fully saturated rings. The molecule has 0 spiro atoms. The number of aliphatic hydroxyl groups is 1. The van der Waals surface area contributed by atoms with Gasteiger partial charge in [-0.25, -0.2) is 0 Å². The molecule has 0 bridgehead atoms. The molecule has 0 radical (unpaired) electrons. The van der Waals surface area contributed by atoms with Gasteiger partial charge in [-0.2, -0.15) is 13.2 Å². The number of imide groups is 1. The highest BCUT2D eigenvalue weighted by Crippen LogP contribution is 2.41. The van der Waals surface area contributed by atoms with Crippen LogP contribution in [0.2, 0.25) is 0 Å². The number of likely N-dealkylation sites (tertiary alicyclic amines) is 1. The Bertz CT molecular complexity index is 839. The molecular formula is C22H22F3NO3. The van der Waals surface area contributed by atoms with Gasteiger partial charge >= 0.3 is 6.18 Å². The summed E-state index contributed by atoms with van der Waals surface area (Å²) in [5.41, 5.74) is 1.49. The highest BCUT2D eigenvalue weighted by Gasteiger charge is 2.55. The van der Waals surface area contributed by atoms with Crippen molar-refractivity contribution in [2.75, 3.05) is 0 Å². The number of rotatable bonds is 6. The lowest BCUT2D eigenvalue weighted by molar-refractivity contribution is -0.214. The van der Waals surface area contributed by atoms with E-state index >= 15 is 0 Å². The zero-order valence-electron chi connectivity index (χ0n) is 15.7. The van der Waals surface area contributed by atoms with Crippen LogP contribution in [0.5, 0.6) is 0 Å². The number of carbonyl (C=O) groups excluding carboxylic acids is 2. The molecule has 0 unspecified atom stereocenters. The Balaban J connectivity index is 1.80. The third-order valence-electron chi connectivity index (χ3n) is 5.27. The summed E-state index contributed by atoms with van der Waals surface area (Å²) in [4.78, 5) is 26.1. The van der Waals surface area contributed by atoms with Gasteiger partial charge < -0.3 is 5.11 Å². The predicted molar refractivity (Wildman–Crippen MR) is 100 cm³/mol. The van der Waals surface area contributed by atoms with Crippen molar-refractivity contribution in [3.05, 3.63) is 71.8 Å². The first-order chi connectivity index (χ1) is 13.8. The number of hydrogen-bond donors (Lipinski definition) is 1. The molecule has 29 heavy (non-hydrogen) atoms. The summed E-state index contributed by atoms with van der Waals surface area (Å²) in [6, 6.07) is 17.6. The lowest BCUT2D eigenvalue weighted by Gasteiger charge is -2.39. The fourth-order valence-electron chi connectivity index (χ4n) is 3.72. The van der Waals surface area contributed by atoms with Crippen LogP contribution >= 0.6 is 0 Å². The van der Waals surface area contributed by atoms with Crippen molar-refractivity contribution in [1.82, 2.24) is 4.90 Å². The first kappa shape index (κ1) is 21.0. The number of alkyl halides is 3. The monoisotopic (exact) mass is 405 g/mol. The van der Waals surface area contributed by atoms with Crippen LogP contribution in [0.1, 0.15) is 24.0 Å². The van der Waals surface area contributed by atoms with Crippen LogP contribution in [0.3, 0.4) is 0 Å². The first-order valence-corrected chi connectivity index (χ1v) is 9.44. The number of carbonyl (C=O) groups is 2. The summed E-state index contributed by atoms with van der Waals surface area (Å²) in [5.74, 6) is -5.71. The summed E-state index contributed by atoms with van der Waals surface area (Å²) in [6.07, 6.45) is -6.75. The van der Waals surface area contributed by atoms with Crippen molar-refractivity contribution < 1.29 is 27.9 Å². The zero-order chi connectivity index (χ0) is 21.0. The van der Waals surface area contributed by atoms with E-state index < -0.39 is 42.4 Å². The van der Waals surface area contributed by atoms with E-state index in [9.17, 15) is 27.9 Å². The third-order valence-corrected chi connectivity index (χ3v) is 5.27. The van der Waals surface area contributed by atoms with E-state index in [1.165, 1.54) is 0 Å². The van der Waals surface area contributed by atoms with Gasteiger partial charge in [0.1, 0.15) is 0 Å². The Labute approximate surface area is 167 Å². The first-order valence-electron chi connectivity index (χ1n) is 9.44. The van der Waals surface area contributed by atoms with Gasteiger partial charge in [-0.15, -0.1) is 0 Å². The number of halogens is 3. The lowest BCUT2D eigenvalue weighted by Crippen LogP contribution is -2.55. The van der Waals surface area contributed by atoms with Gasteiger partial charge in [-0.05, 0) is 24.0 Å². The van der Waals surface area contributed by atoms with Gasteiger partial charge in [-0.3, -0.25) is 14.5 Å². The molecule has 2 amide bonds. The molecule has 1 aliphatic rings. The second-order valence-electron chi connectivity index (χ2n) is 7.27. The number of aliphatic hydroxyl groups excluding tert-OH is 1. The van der Waals surface area contributed by atoms with Gasteiger partial charge in [0, 0.05) is 6.42 Å². The largest absolute Gasteiger partial charge is 0.393 e. The zero-order valence-corrected chi connectivity index (χ0v) is 15.7. The SMILES string of the molecule is O=C1C[C@@H](C(F)(F)F)[C@H]([C@H](O)CCc2ccccc2)C(=O)N1Cc1ccccc1. The molecule has 0 aromatic heterocycles. The lowest BCUT2D eigenvalue weighted by atomic mass is 9.78. The Morgan fingerprint density at radius 2 is 1.52 bits per heavy atom. The molecule has 1 N–H and O–H groups in total. The number of aryl methyl sites for hydroxylation is 1. The van der Waals surface area contributed by atoms with Crippen molar-refractivity contribution in [1.29, 1.82) is 0 Å². The number of hydrogen-bond acceptors (Lipinski definition) is 3. The number of piperidine rings is 1. The molecule has 1 aliphatic heterocycles. The van der Waals surface area contributed by atoms with E-state index in [1.807, 2.05) is 18.2 Å². The summed E-state index contributed by atoms with van der Waals surface area (Å²) >= 11 is 0. The molecule has 1 heterocycles. The quantitative estimate of drug-likeness (QED) is 0.745. The highest BCUT2D eigenvalue weighted by molar-refractivity contribution is 5.99. The Kier molecular flexibility index (Phi) is 6.37. The van der Waals surface area contributed by atoms with Gasteiger partial charge in [0.05, 0.1) is 24.5 Å². The van der Waals surface area contributed by atoms with Crippen molar-refractivity contribution >= 4 is 11.8 Å². The molecule has 154 valence electrons. The van der Waals surface area contributed by atoms with Crippen LogP contribution in [0.4, 0.5) is 13.2 Å². The predicted octanol–water partition coefficient (Wildman–Crippen LogP) is 3.73. The molecule has 3 rings (SSSR count). The molecule has 0 aliphatic carbocycles. The number of amides is 2. The minimum Gasteiger partial charge on any atom is -0.392 e. The molecule has 4 nitrogen and oxygen atoms in total. The minimum atomic E-state index is -4.75. The summed E-state index contributed by atoms with van der Waals surface area (Å²) in [6.45, 7) is -0.106. The molecule has 0 saturated carbocycles. The number of nitrogens with zero attached hydrogens (tertiary/aromatic N) is 1. The van der Waals surface area contributed by atoms with Crippen molar-refractivity contribution in [3.8, 4) is 0 Å². The summed E-state index contributed by atoms with van der Waals surface area (Å²) in [5, 5.41) is 10.6. The Morgan fingerprint density at radius 1 is 0.966 bits per heavy atom. The molecule has 7 heteroatoms. The van der Waals surface area contributed by atoms with Crippen LogP contribution in [0, 0.1) is 11.8 Å². The van der Waals surface area contributed by atoms with E-state index in [2.05, 4.69) is 0 Å². The standard InChI is InChI=1S/C22H22F3NO3/c23-22(24,25)17-13-19(28)26(14-16-9-5-2-6-10-16)21(29)20(17)18(27)12-11-15-7-3-1-4-8-15/h1-10,17-18,20,27H,11-14H2/t17-,18-,20-/m1/s1. The van der Waals surface area contributed by atoms with E-state index in [0.29, 0.717) is 12.0 Å². The minimum absolute atomic E-state index is 0.000365. The maximum absolute atomic E-state index is 13.6. The van der Waals surface area contributed by atoms with Gasteiger partial charge in [0.25, 0.3) is 0 Å². The van der Waals surface area contributed by atoms with Crippen LogP contribution in [-0.4, -0.2) is 34.1 Å². The number of benzene rings is 2. The normalized spacial score (nSPS) is 21.3. The van der Waals surface area contributed by atoms with Crippen LogP contribution in [0.15, 0.2) is 60.7 Å². The molecular weight excluding hydrogens is 383 g/mol. The van der Waals surface area contributed by atoms with E-state index in [-0.39, 0.29) is 13.0 Å². The Morgan fingerprint density at radius 3 is 2.07 bits per heavy atom. The van der Waals surface area contributed by atoms with Gasteiger partial charge in [0.2, 0.25) is 11.8 Å². The van der Waals surface area contributed by atoms with E-state index in [0.717, 1.165) is 10.5 Å². The highest BCUT2D eigenvalue weighted by atomic mass is 19.4. The second-order valence-corrected chi connectivity index (χ2v) is 7.27. The smallest absolute Gasteiger partial charge is 0.392 e. The fraction of sp³-hybridized carbons (Fsp3) is 0.364. The van der Waals surface area contributed by atoms with Crippen LogP contribution in [0.25, 0.3) is 0 Å². The molecule has 2 aromatic carbocycles. The van der Waals surface area contributed by atoms with Crippen molar-refractivity contribution in [2.24, 2.45) is 11.8 Å². The van der Waals surface area contributed by atoms with Crippen molar-refractivity contribution in [3.63, 3.8) is 0 Å². The van der Waals surface area contributed by atoms with E-state index in [4.69, 9.17) is 0 Å². The molecule has 2 aromatic rings. The van der Waals surface area contributed by atoms with Crippen LogP contribution in [-0.2, 0) is 22.6 Å². The molecule has 3 atom stereocenters. The average Bonchev–Trinajstić information content (AvgIpc) is 2.70. The fourth-order valence-corrected chi connectivity index (χ4v) is 3.72. The van der Waals surface area contributed by atoms with Crippen molar-refractivity contribution in [2.45, 2.75) is 38.1 Å². The Hall–Kier alpha value is -2.67. The molecule has 1 saturated heterocycles. The summed E-state index contributed by atoms with van der Waals surface area (Å²) < 4.78 is 40.7. The maximum Gasteiger partial charge on any atom is 0.393 e. The van der Waals surface area contributed by atoms with Gasteiger partial charge in [0.15, 0.2) is 0 Å². The second kappa shape index (κ2) is 8.78. The van der Waals surface area contributed by atoms with Gasteiger partial charge in [-0.1, -0.05) is 60.7 Å². The average molecular weight is 405 g/mol. The maximum atomic E-state index is 13.6. The van der Waals surface area contributed by atoms with E-state index in [1.54, 1.807) is 42.5 Å². The topological polar surface area (TPSA) is 57.6 Å². The third kappa shape index (κ3) is 5.03.